The van der Waals surface area contributed by atoms with Crippen LogP contribution in [0, 0.1) is 11.3 Å². The van der Waals surface area contributed by atoms with Crippen LogP contribution in [-0.2, 0) is 32.3 Å². The number of esters is 2. The van der Waals surface area contributed by atoms with Crippen LogP contribution in [0.3, 0.4) is 0 Å². The number of unbranched alkanes of at least 4 members (excludes halogenated alkanes) is 2. The number of hydrogen-bond acceptors (Lipinski definition) is 11. The molecule has 0 saturated heterocycles. The van der Waals surface area contributed by atoms with E-state index in [-0.39, 0.29) is 40.0 Å². The van der Waals surface area contributed by atoms with Crippen LogP contribution in [0.1, 0.15) is 96.5 Å². The maximum atomic E-state index is 13.8. The molecule has 0 aliphatic heterocycles. The zero-order chi connectivity index (χ0) is 40.2. The Labute approximate surface area is 322 Å². The molecular formula is C39H42F3N5O6S2. The lowest BCUT2D eigenvalue weighted by molar-refractivity contribution is -0.0429. The number of alkyl halides is 3. The molecule has 1 aromatic heterocycles. The van der Waals surface area contributed by atoms with Gasteiger partial charge in [0.1, 0.15) is 22.2 Å². The minimum absolute atomic E-state index is 0.0330. The number of carbonyl (C=O) groups is 2. The standard InChI is InChI=1S/C39H42F3N5O6S2/c1-5-9-11-26-13-17-28(18-14-26)47(29-19-15-27(16-20-29)12-10-6-2)30-21-22-32(33(24-30)46-55(50,51)39(40,41)42)44-45-36-34(37(48)52-8-4)31(25-43)35(54-36)38(49)53-23-7-3/h13-22,24,46H,5-12,23H2,1-4H3/b45-44+. The van der Waals surface area contributed by atoms with Gasteiger partial charge in [0.25, 0.3) is 0 Å². The van der Waals surface area contributed by atoms with Gasteiger partial charge in [-0.1, -0.05) is 57.9 Å². The van der Waals surface area contributed by atoms with Crippen LogP contribution in [-0.4, -0.2) is 39.1 Å². The monoisotopic (exact) mass is 797 g/mol. The number of nitrogens with zero attached hydrogens (tertiary/aromatic N) is 4. The Bertz CT molecular complexity index is 2080. The molecule has 0 fully saturated rings. The third-order valence-electron chi connectivity index (χ3n) is 8.17. The maximum Gasteiger partial charge on any atom is 0.516 e. The van der Waals surface area contributed by atoms with Gasteiger partial charge in [-0.25, -0.2) is 9.59 Å². The van der Waals surface area contributed by atoms with Crippen molar-refractivity contribution in [3.05, 3.63) is 93.9 Å². The molecule has 4 rings (SSSR count). The highest BCUT2D eigenvalue weighted by atomic mass is 32.2. The van der Waals surface area contributed by atoms with Crippen LogP contribution in [0.2, 0.25) is 0 Å². The Balaban J connectivity index is 1.90. The number of aryl methyl sites for hydroxylation is 2. The third kappa shape index (κ3) is 10.7. The number of halogens is 3. The molecule has 0 radical (unpaired) electrons. The van der Waals surface area contributed by atoms with Gasteiger partial charge in [0.05, 0.1) is 24.5 Å². The summed E-state index contributed by atoms with van der Waals surface area (Å²) in [6.45, 7) is 7.43. The van der Waals surface area contributed by atoms with E-state index in [0.29, 0.717) is 29.1 Å². The van der Waals surface area contributed by atoms with Crippen LogP contribution < -0.4 is 9.62 Å². The van der Waals surface area contributed by atoms with Gasteiger partial charge in [-0.2, -0.15) is 26.9 Å². The molecular weight excluding hydrogens is 756 g/mol. The number of hydrogen-bond donors (Lipinski definition) is 1. The number of nitrogens with one attached hydrogen (secondary N) is 1. The molecule has 0 unspecified atom stereocenters. The Kier molecular flexibility index (Phi) is 14.9. The summed E-state index contributed by atoms with van der Waals surface area (Å²) in [5.74, 6) is -1.89. The van der Waals surface area contributed by atoms with Crippen molar-refractivity contribution in [3.8, 4) is 6.07 Å². The lowest BCUT2D eigenvalue weighted by Crippen LogP contribution is -2.30. The van der Waals surface area contributed by atoms with E-state index in [1.165, 1.54) is 25.1 Å². The van der Waals surface area contributed by atoms with Crippen molar-refractivity contribution >= 4 is 66.7 Å². The fourth-order valence-corrected chi connectivity index (χ4v) is 6.88. The number of azo groups is 1. The predicted octanol–water partition coefficient (Wildman–Crippen LogP) is 11.2. The summed E-state index contributed by atoms with van der Waals surface area (Å²) in [6.07, 6.45) is 6.24. The summed E-state index contributed by atoms with van der Waals surface area (Å²) in [7, 11) is -5.96. The number of sulfonamides is 1. The fraction of sp³-hybridized carbons (Fsp3) is 0.359. The Morgan fingerprint density at radius 3 is 1.87 bits per heavy atom. The second-order valence-corrected chi connectivity index (χ2v) is 15.0. The first-order valence-electron chi connectivity index (χ1n) is 17.8. The van der Waals surface area contributed by atoms with Gasteiger partial charge >= 0.3 is 27.5 Å². The normalized spacial score (nSPS) is 11.7. The predicted molar refractivity (Wildman–Crippen MR) is 207 cm³/mol. The van der Waals surface area contributed by atoms with Crippen molar-refractivity contribution in [3.63, 3.8) is 0 Å². The molecule has 16 heteroatoms. The number of rotatable bonds is 18. The molecule has 0 aliphatic rings. The van der Waals surface area contributed by atoms with E-state index in [1.807, 2.05) is 48.5 Å². The molecule has 0 saturated carbocycles. The summed E-state index contributed by atoms with van der Waals surface area (Å²) < 4.78 is 78.2. The van der Waals surface area contributed by atoms with Gasteiger partial charge in [-0.3, -0.25) is 4.72 Å². The van der Waals surface area contributed by atoms with Gasteiger partial charge in [0, 0.05) is 17.1 Å². The number of carbonyl (C=O) groups excluding carboxylic acids is 2. The molecule has 0 bridgehead atoms. The van der Waals surface area contributed by atoms with Crippen molar-refractivity contribution in [2.24, 2.45) is 10.2 Å². The highest BCUT2D eigenvalue weighted by Gasteiger charge is 2.46. The van der Waals surface area contributed by atoms with E-state index in [4.69, 9.17) is 9.47 Å². The van der Waals surface area contributed by atoms with Crippen molar-refractivity contribution in [1.29, 1.82) is 5.26 Å². The molecule has 1 heterocycles. The zero-order valence-electron chi connectivity index (χ0n) is 30.9. The number of ether oxygens (including phenoxy) is 2. The van der Waals surface area contributed by atoms with Crippen molar-refractivity contribution < 1.29 is 40.7 Å². The lowest BCUT2D eigenvalue weighted by Gasteiger charge is -2.27. The first kappa shape index (κ1) is 42.5. The summed E-state index contributed by atoms with van der Waals surface area (Å²) in [5, 5.41) is 17.7. The number of benzene rings is 3. The second kappa shape index (κ2) is 19.4. The minimum atomic E-state index is -5.96. The molecule has 0 atom stereocenters. The molecule has 0 aliphatic carbocycles. The average molecular weight is 798 g/mol. The number of thiophene rings is 1. The summed E-state index contributed by atoms with van der Waals surface area (Å²) in [4.78, 5) is 27.3. The van der Waals surface area contributed by atoms with Crippen LogP contribution in [0.5, 0.6) is 0 Å². The topological polar surface area (TPSA) is 151 Å². The number of nitriles is 1. The van der Waals surface area contributed by atoms with E-state index in [2.05, 4.69) is 24.1 Å². The van der Waals surface area contributed by atoms with Crippen molar-refractivity contribution in [2.45, 2.75) is 78.1 Å². The van der Waals surface area contributed by atoms with Crippen molar-refractivity contribution in [1.82, 2.24) is 0 Å². The van der Waals surface area contributed by atoms with E-state index >= 15 is 0 Å². The first-order valence-corrected chi connectivity index (χ1v) is 20.1. The maximum absolute atomic E-state index is 13.8. The van der Waals surface area contributed by atoms with Gasteiger partial charge in [0.15, 0.2) is 5.00 Å². The third-order valence-corrected chi connectivity index (χ3v) is 10.3. The highest BCUT2D eigenvalue weighted by molar-refractivity contribution is 7.93. The Hall–Kier alpha value is -5.27. The molecule has 4 aromatic rings. The number of anilines is 4. The van der Waals surface area contributed by atoms with Gasteiger partial charge in [-0.15, -0.1) is 21.6 Å². The molecule has 292 valence electrons. The summed E-state index contributed by atoms with van der Waals surface area (Å²) in [5.41, 5.74) is -3.58. The minimum Gasteiger partial charge on any atom is -0.462 e. The summed E-state index contributed by atoms with van der Waals surface area (Å²) >= 11 is 0.595. The average Bonchev–Trinajstić information content (AvgIpc) is 3.54. The molecule has 0 amide bonds. The largest absolute Gasteiger partial charge is 0.516 e. The zero-order valence-corrected chi connectivity index (χ0v) is 32.5. The van der Waals surface area contributed by atoms with Gasteiger partial charge in [0.2, 0.25) is 0 Å². The molecule has 3 aromatic carbocycles. The van der Waals surface area contributed by atoms with E-state index < -0.39 is 38.7 Å². The van der Waals surface area contributed by atoms with Crippen LogP contribution >= 0.6 is 11.3 Å². The smallest absolute Gasteiger partial charge is 0.462 e. The Morgan fingerprint density at radius 2 is 1.38 bits per heavy atom. The lowest BCUT2D eigenvalue weighted by atomic mass is 10.1. The van der Waals surface area contributed by atoms with Crippen LogP contribution in [0.15, 0.2) is 77.0 Å². The highest BCUT2D eigenvalue weighted by Crippen LogP contribution is 2.42. The Morgan fingerprint density at radius 1 is 0.818 bits per heavy atom. The van der Waals surface area contributed by atoms with Crippen LogP contribution in [0.25, 0.3) is 0 Å². The molecule has 11 nitrogen and oxygen atoms in total. The molecule has 0 spiro atoms. The molecule has 1 N–H and O–H groups in total. The SMILES string of the molecule is CCCCc1ccc(N(c2ccc(CCCC)cc2)c2ccc(/N=N/c3sc(C(=O)OCCC)c(C#N)c3C(=O)OCC)c(NS(=O)(=O)C(F)(F)F)c2)cc1. The fourth-order valence-electron chi connectivity index (χ4n) is 5.36. The van der Waals surface area contributed by atoms with E-state index in [1.54, 1.807) is 22.6 Å². The second-order valence-electron chi connectivity index (χ2n) is 12.3. The van der Waals surface area contributed by atoms with Crippen molar-refractivity contribution in [2.75, 3.05) is 22.8 Å². The quantitative estimate of drug-likeness (QED) is 0.0772. The van der Waals surface area contributed by atoms with E-state index in [9.17, 15) is 36.4 Å². The van der Waals surface area contributed by atoms with E-state index in [0.717, 1.165) is 49.7 Å². The first-order chi connectivity index (χ1) is 26.3. The molecule has 55 heavy (non-hydrogen) atoms. The van der Waals surface area contributed by atoms with Gasteiger partial charge in [-0.05, 0) is 92.6 Å². The van der Waals surface area contributed by atoms with Crippen LogP contribution in [0.4, 0.5) is 46.6 Å². The summed E-state index contributed by atoms with van der Waals surface area (Å²) in [6, 6.07) is 21.2. The van der Waals surface area contributed by atoms with Gasteiger partial charge < -0.3 is 14.4 Å².